The van der Waals surface area contributed by atoms with Crippen LogP contribution in [0.3, 0.4) is 0 Å². The largest absolute Gasteiger partial charge is 0.493 e. The maximum absolute atomic E-state index is 11.5. The molecule has 1 N–H and O–H groups in total. The molecule has 1 unspecified atom stereocenters. The summed E-state index contributed by atoms with van der Waals surface area (Å²) in [5.41, 5.74) is 0.653. The van der Waals surface area contributed by atoms with Gasteiger partial charge in [0.15, 0.2) is 0 Å². The maximum atomic E-state index is 11.5. The summed E-state index contributed by atoms with van der Waals surface area (Å²) in [6.07, 6.45) is 1.82. The van der Waals surface area contributed by atoms with E-state index < -0.39 is 5.54 Å². The minimum Gasteiger partial charge on any atom is -0.493 e. The first kappa shape index (κ1) is 10.7. The molecule has 1 aromatic carbocycles. The van der Waals surface area contributed by atoms with Crippen LogP contribution in [0.1, 0.15) is 18.4 Å². The topological polar surface area (TPSA) is 47.6 Å². The van der Waals surface area contributed by atoms with Crippen LogP contribution in [-0.4, -0.2) is 19.3 Å². The van der Waals surface area contributed by atoms with Crippen molar-refractivity contribution in [1.82, 2.24) is 5.32 Å². The fraction of sp³-hybridized carbons (Fsp3) is 0.462. The van der Waals surface area contributed by atoms with Gasteiger partial charge in [-0.25, -0.2) is 4.79 Å². The molecule has 1 aromatic rings. The van der Waals surface area contributed by atoms with Gasteiger partial charge in [0.2, 0.25) is 0 Å². The van der Waals surface area contributed by atoms with E-state index in [2.05, 4.69) is 21.2 Å². The van der Waals surface area contributed by atoms with Crippen LogP contribution in [0.2, 0.25) is 0 Å². The van der Waals surface area contributed by atoms with Gasteiger partial charge in [-0.1, -0.05) is 15.9 Å². The number of amides is 1. The zero-order chi connectivity index (χ0) is 12.4. The molecule has 0 aromatic heterocycles. The maximum Gasteiger partial charge on any atom is 0.408 e. The summed E-state index contributed by atoms with van der Waals surface area (Å²) < 4.78 is 12.0. The van der Waals surface area contributed by atoms with Crippen LogP contribution < -0.4 is 10.1 Å². The Morgan fingerprint density at radius 1 is 1.22 bits per heavy atom. The summed E-state index contributed by atoms with van der Waals surface area (Å²) in [6.45, 7) is 1.06. The Bertz CT molecular complexity index is 555. The van der Waals surface area contributed by atoms with Gasteiger partial charge in [0.1, 0.15) is 17.9 Å². The zero-order valence-electron chi connectivity index (χ0n) is 9.66. The molecule has 5 heteroatoms. The molecule has 3 aliphatic rings. The molecule has 0 radical (unpaired) electrons. The first-order valence-electron chi connectivity index (χ1n) is 6.03. The number of carbonyl (C=O) groups is 1. The lowest BCUT2D eigenvalue weighted by molar-refractivity contribution is 0.0814. The normalized spacial score (nSPS) is 30.6. The van der Waals surface area contributed by atoms with E-state index in [1.54, 1.807) is 0 Å². The van der Waals surface area contributed by atoms with Crippen LogP contribution in [0.25, 0.3) is 0 Å². The lowest BCUT2D eigenvalue weighted by Gasteiger charge is -2.41. The molecule has 1 atom stereocenters. The van der Waals surface area contributed by atoms with Crippen molar-refractivity contribution in [3.63, 3.8) is 0 Å². The molecular weight excluding hydrogens is 298 g/mol. The van der Waals surface area contributed by atoms with Crippen LogP contribution in [0.15, 0.2) is 22.7 Å². The Balaban J connectivity index is 1.93. The van der Waals surface area contributed by atoms with E-state index in [0.717, 1.165) is 28.6 Å². The number of benzene rings is 1. The van der Waals surface area contributed by atoms with Gasteiger partial charge in [-0.15, -0.1) is 0 Å². The van der Waals surface area contributed by atoms with Gasteiger partial charge in [0.05, 0.1) is 6.61 Å². The Hall–Kier alpha value is -1.23. The highest BCUT2D eigenvalue weighted by molar-refractivity contribution is 9.10. The molecule has 2 spiro atoms. The highest BCUT2D eigenvalue weighted by Crippen LogP contribution is 2.63. The van der Waals surface area contributed by atoms with E-state index in [-0.39, 0.29) is 11.5 Å². The minimum absolute atomic E-state index is 0.0208. The first-order valence-corrected chi connectivity index (χ1v) is 6.82. The number of nitrogens with one attached hydrogen (secondary N) is 1. The third-order valence-electron chi connectivity index (χ3n) is 4.40. The van der Waals surface area contributed by atoms with Crippen LogP contribution in [0, 0.1) is 5.41 Å². The Labute approximate surface area is 113 Å². The van der Waals surface area contributed by atoms with Crippen molar-refractivity contribution in [2.24, 2.45) is 5.41 Å². The Morgan fingerprint density at radius 3 is 2.72 bits per heavy atom. The molecule has 94 valence electrons. The number of cyclic esters (lactones) is 1. The van der Waals surface area contributed by atoms with Crippen molar-refractivity contribution in [2.75, 3.05) is 13.2 Å². The van der Waals surface area contributed by atoms with E-state index in [1.165, 1.54) is 0 Å². The van der Waals surface area contributed by atoms with Gasteiger partial charge >= 0.3 is 6.09 Å². The molecular formula is C13H12BrNO3. The SMILES string of the molecule is O=C1NC2(CO1)c1cc(Br)ccc1OCC21CC1. The van der Waals surface area contributed by atoms with Crippen LogP contribution in [-0.2, 0) is 10.3 Å². The lowest BCUT2D eigenvalue weighted by Crippen LogP contribution is -2.53. The predicted molar refractivity (Wildman–Crippen MR) is 67.5 cm³/mol. The van der Waals surface area contributed by atoms with Crippen LogP contribution in [0.4, 0.5) is 4.79 Å². The highest BCUT2D eigenvalue weighted by atomic mass is 79.9. The average molecular weight is 310 g/mol. The van der Waals surface area contributed by atoms with Crippen LogP contribution in [0.5, 0.6) is 5.75 Å². The molecule has 2 heterocycles. The van der Waals surface area contributed by atoms with E-state index in [4.69, 9.17) is 9.47 Å². The van der Waals surface area contributed by atoms with E-state index >= 15 is 0 Å². The summed E-state index contributed by atoms with van der Waals surface area (Å²) >= 11 is 3.48. The van der Waals surface area contributed by atoms with Gasteiger partial charge in [0, 0.05) is 15.5 Å². The number of hydrogen-bond donors (Lipinski definition) is 1. The number of hydrogen-bond acceptors (Lipinski definition) is 3. The van der Waals surface area contributed by atoms with Gasteiger partial charge in [-0.05, 0) is 31.0 Å². The Kier molecular flexibility index (Phi) is 1.90. The zero-order valence-corrected chi connectivity index (χ0v) is 11.2. The fourth-order valence-electron chi connectivity index (χ4n) is 3.16. The van der Waals surface area contributed by atoms with Gasteiger partial charge in [-0.2, -0.15) is 0 Å². The van der Waals surface area contributed by atoms with E-state index in [1.807, 2.05) is 18.2 Å². The average Bonchev–Trinajstić information content (AvgIpc) is 3.04. The first-order chi connectivity index (χ1) is 8.65. The van der Waals surface area contributed by atoms with Gasteiger partial charge in [-0.3, -0.25) is 0 Å². The smallest absolute Gasteiger partial charge is 0.408 e. The van der Waals surface area contributed by atoms with Gasteiger partial charge in [0.25, 0.3) is 0 Å². The predicted octanol–water partition coefficient (Wildman–Crippen LogP) is 2.56. The number of fused-ring (bicyclic) bond motifs is 3. The minimum atomic E-state index is -0.401. The molecule has 4 rings (SSSR count). The summed E-state index contributed by atoms with van der Waals surface area (Å²) in [5.74, 6) is 0.849. The van der Waals surface area contributed by atoms with E-state index in [9.17, 15) is 4.79 Å². The standard InChI is InChI=1S/C13H12BrNO3/c14-8-1-2-10-9(5-8)13(7-18-11(16)15-13)12(3-4-12)6-17-10/h1-2,5H,3-4,6-7H2,(H,15,16). The molecule has 18 heavy (non-hydrogen) atoms. The second-order valence-corrected chi connectivity index (χ2v) is 6.23. The molecule has 1 saturated carbocycles. The van der Waals surface area contributed by atoms with E-state index in [0.29, 0.717) is 13.2 Å². The third kappa shape index (κ3) is 1.18. The van der Waals surface area contributed by atoms with Gasteiger partial charge < -0.3 is 14.8 Å². The number of halogens is 1. The number of alkyl carbamates (subject to hydrolysis) is 1. The highest BCUT2D eigenvalue weighted by Gasteiger charge is 2.67. The lowest BCUT2D eigenvalue weighted by atomic mass is 9.74. The molecule has 1 aliphatic carbocycles. The van der Waals surface area contributed by atoms with Crippen molar-refractivity contribution in [3.05, 3.63) is 28.2 Å². The molecule has 0 bridgehead atoms. The molecule has 2 fully saturated rings. The summed E-state index contributed by atoms with van der Waals surface area (Å²) in [7, 11) is 0. The quantitative estimate of drug-likeness (QED) is 0.801. The van der Waals surface area contributed by atoms with Crippen molar-refractivity contribution in [3.8, 4) is 5.75 Å². The molecule has 2 aliphatic heterocycles. The van der Waals surface area contributed by atoms with Crippen LogP contribution >= 0.6 is 15.9 Å². The van der Waals surface area contributed by atoms with Crippen molar-refractivity contribution >= 4 is 22.0 Å². The second kappa shape index (κ2) is 3.20. The summed E-state index contributed by atoms with van der Waals surface area (Å²) in [5, 5.41) is 3.04. The van der Waals surface area contributed by atoms with Crippen molar-refractivity contribution in [1.29, 1.82) is 0 Å². The molecule has 1 saturated heterocycles. The van der Waals surface area contributed by atoms with Crippen molar-refractivity contribution < 1.29 is 14.3 Å². The summed E-state index contributed by atoms with van der Waals surface area (Å²) in [6, 6.07) is 5.93. The van der Waals surface area contributed by atoms with Crippen molar-refractivity contribution in [2.45, 2.75) is 18.4 Å². The fourth-order valence-corrected chi connectivity index (χ4v) is 3.52. The number of ether oxygens (including phenoxy) is 2. The number of rotatable bonds is 0. The second-order valence-electron chi connectivity index (χ2n) is 5.32. The summed E-state index contributed by atoms with van der Waals surface area (Å²) in [4.78, 5) is 11.5. The third-order valence-corrected chi connectivity index (χ3v) is 4.89. The Morgan fingerprint density at radius 2 is 2.06 bits per heavy atom. The number of carbonyl (C=O) groups excluding carboxylic acids is 1. The monoisotopic (exact) mass is 309 g/mol. The molecule has 1 amide bonds. The molecule has 4 nitrogen and oxygen atoms in total.